The zero-order valence-corrected chi connectivity index (χ0v) is 13.4. The normalized spacial score (nSPS) is 10.8. The summed E-state index contributed by atoms with van der Waals surface area (Å²) < 4.78 is 15.5. The third-order valence-corrected chi connectivity index (χ3v) is 3.91. The van der Waals surface area contributed by atoms with Gasteiger partial charge < -0.3 is 9.88 Å². The number of halogens is 1. The summed E-state index contributed by atoms with van der Waals surface area (Å²) in [7, 11) is 1.78. The number of rotatable bonds is 5. The number of carbonyl (C=O) groups excluding carboxylic acids is 1. The highest BCUT2D eigenvalue weighted by Gasteiger charge is 2.13. The van der Waals surface area contributed by atoms with Gasteiger partial charge >= 0.3 is 0 Å². The number of nitrogens with one attached hydrogen (secondary N) is 1. The van der Waals surface area contributed by atoms with Crippen LogP contribution in [0.2, 0.25) is 0 Å². The Morgan fingerprint density at radius 2 is 2.08 bits per heavy atom. The van der Waals surface area contributed by atoms with Crippen molar-refractivity contribution in [1.29, 1.82) is 0 Å². The van der Waals surface area contributed by atoms with Gasteiger partial charge in [-0.1, -0.05) is 12.1 Å². The van der Waals surface area contributed by atoms with Crippen LogP contribution in [-0.2, 0) is 13.5 Å². The Balaban J connectivity index is 1.68. The van der Waals surface area contributed by atoms with E-state index in [0.717, 1.165) is 0 Å². The Morgan fingerprint density at radius 3 is 2.80 bits per heavy atom. The number of para-hydroxylation sites is 1. The monoisotopic (exact) mass is 342 g/mol. The van der Waals surface area contributed by atoms with Gasteiger partial charge in [0.2, 0.25) is 0 Å². The van der Waals surface area contributed by atoms with E-state index in [1.54, 1.807) is 23.7 Å². The Labute approximate surface area is 142 Å². The number of non-ortho nitro benzene ring substituents is 1. The van der Waals surface area contributed by atoms with Gasteiger partial charge in [-0.25, -0.2) is 9.37 Å². The molecule has 0 fully saturated rings. The summed E-state index contributed by atoms with van der Waals surface area (Å²) in [6, 6.07) is 10.3. The molecule has 0 aliphatic carbocycles. The van der Waals surface area contributed by atoms with Crippen LogP contribution < -0.4 is 5.32 Å². The smallest absolute Gasteiger partial charge is 0.270 e. The van der Waals surface area contributed by atoms with Gasteiger partial charge in [-0.15, -0.1) is 0 Å². The molecule has 0 bridgehead atoms. The van der Waals surface area contributed by atoms with E-state index in [4.69, 9.17) is 0 Å². The lowest BCUT2D eigenvalue weighted by Crippen LogP contribution is -2.26. The number of hydrogen-bond acceptors (Lipinski definition) is 4. The van der Waals surface area contributed by atoms with Crippen LogP contribution >= 0.6 is 0 Å². The van der Waals surface area contributed by atoms with Crippen molar-refractivity contribution < 1.29 is 14.1 Å². The summed E-state index contributed by atoms with van der Waals surface area (Å²) in [5.41, 5.74) is 1.05. The first kappa shape index (κ1) is 16.6. The number of nitro groups is 1. The number of aromatic nitrogens is 2. The molecule has 0 saturated heterocycles. The zero-order valence-electron chi connectivity index (χ0n) is 13.4. The molecule has 1 aromatic heterocycles. The first-order valence-corrected chi connectivity index (χ1v) is 7.60. The topological polar surface area (TPSA) is 90.1 Å². The Bertz CT molecular complexity index is 968. The minimum absolute atomic E-state index is 0.140. The fourth-order valence-electron chi connectivity index (χ4n) is 2.60. The van der Waals surface area contributed by atoms with Crippen molar-refractivity contribution in [3.8, 4) is 0 Å². The number of fused-ring (bicyclic) bond motifs is 1. The number of nitrogens with zero attached hydrogens (tertiary/aromatic N) is 3. The molecule has 1 heterocycles. The van der Waals surface area contributed by atoms with Gasteiger partial charge in [0.1, 0.15) is 11.3 Å². The Morgan fingerprint density at radius 1 is 1.32 bits per heavy atom. The predicted molar refractivity (Wildman–Crippen MR) is 89.8 cm³/mol. The molecule has 0 radical (unpaired) electrons. The van der Waals surface area contributed by atoms with E-state index in [1.165, 1.54) is 30.3 Å². The van der Waals surface area contributed by atoms with Gasteiger partial charge in [0.15, 0.2) is 5.82 Å². The molecule has 0 saturated carbocycles. The van der Waals surface area contributed by atoms with E-state index < -0.39 is 10.8 Å². The SMILES string of the molecule is Cn1c(CCNC(=O)c2cccc([N+](=O)[O-])c2)nc2c(F)cccc21. The Hall–Kier alpha value is -3.29. The van der Waals surface area contributed by atoms with Crippen LogP contribution in [0, 0.1) is 15.9 Å². The highest BCUT2D eigenvalue weighted by Crippen LogP contribution is 2.18. The van der Waals surface area contributed by atoms with Crippen molar-refractivity contribution in [3.63, 3.8) is 0 Å². The zero-order chi connectivity index (χ0) is 18.0. The van der Waals surface area contributed by atoms with Gasteiger partial charge in [0.05, 0.1) is 10.4 Å². The molecule has 3 aromatic rings. The van der Waals surface area contributed by atoms with Crippen molar-refractivity contribution in [3.05, 3.63) is 69.8 Å². The van der Waals surface area contributed by atoms with Gasteiger partial charge in [-0.2, -0.15) is 0 Å². The Kier molecular flexibility index (Phi) is 4.42. The lowest BCUT2D eigenvalue weighted by molar-refractivity contribution is -0.384. The van der Waals surface area contributed by atoms with E-state index in [0.29, 0.717) is 23.3 Å². The number of aryl methyl sites for hydroxylation is 1. The van der Waals surface area contributed by atoms with Crippen molar-refractivity contribution in [2.75, 3.05) is 6.54 Å². The number of nitro benzene ring substituents is 1. The molecule has 1 amide bonds. The quantitative estimate of drug-likeness (QED) is 0.570. The largest absolute Gasteiger partial charge is 0.352 e. The van der Waals surface area contributed by atoms with E-state index in [1.807, 2.05) is 0 Å². The van der Waals surface area contributed by atoms with Crippen LogP contribution in [0.15, 0.2) is 42.5 Å². The van der Waals surface area contributed by atoms with Crippen LogP contribution in [0.25, 0.3) is 11.0 Å². The summed E-state index contributed by atoms with van der Waals surface area (Å²) >= 11 is 0. The van der Waals surface area contributed by atoms with Gasteiger partial charge in [-0.3, -0.25) is 14.9 Å². The minimum Gasteiger partial charge on any atom is -0.352 e. The molecule has 0 spiro atoms. The van der Waals surface area contributed by atoms with Crippen LogP contribution in [0.1, 0.15) is 16.2 Å². The van der Waals surface area contributed by atoms with Crippen LogP contribution in [0.3, 0.4) is 0 Å². The molecule has 8 heteroatoms. The van der Waals surface area contributed by atoms with Crippen molar-refractivity contribution in [2.45, 2.75) is 6.42 Å². The molecule has 0 aliphatic heterocycles. The number of hydrogen-bond donors (Lipinski definition) is 1. The molecule has 0 aliphatic rings. The van der Waals surface area contributed by atoms with E-state index >= 15 is 0 Å². The van der Waals surface area contributed by atoms with Crippen LogP contribution in [-0.4, -0.2) is 26.9 Å². The fraction of sp³-hybridized carbons (Fsp3) is 0.176. The summed E-state index contributed by atoms with van der Waals surface area (Å²) in [6.07, 6.45) is 0.408. The highest BCUT2D eigenvalue weighted by atomic mass is 19.1. The number of amides is 1. The highest BCUT2D eigenvalue weighted by molar-refractivity contribution is 5.94. The summed E-state index contributed by atoms with van der Waals surface area (Å²) in [5, 5.41) is 13.4. The maximum Gasteiger partial charge on any atom is 0.270 e. The maximum absolute atomic E-state index is 13.8. The second-order valence-electron chi connectivity index (χ2n) is 5.51. The van der Waals surface area contributed by atoms with E-state index in [9.17, 15) is 19.3 Å². The predicted octanol–water partition coefficient (Wildman–Crippen LogP) is 2.59. The first-order chi connectivity index (χ1) is 12.0. The van der Waals surface area contributed by atoms with Gasteiger partial charge in [0, 0.05) is 37.7 Å². The molecule has 3 rings (SSSR count). The molecule has 0 atom stereocenters. The number of carbonyl (C=O) groups is 1. The summed E-state index contributed by atoms with van der Waals surface area (Å²) in [4.78, 5) is 26.6. The molecule has 0 unspecified atom stereocenters. The second kappa shape index (κ2) is 6.68. The van der Waals surface area contributed by atoms with Crippen LogP contribution in [0.4, 0.5) is 10.1 Å². The number of imidazole rings is 1. The molecule has 128 valence electrons. The number of benzene rings is 2. The minimum atomic E-state index is -0.551. The van der Waals surface area contributed by atoms with Crippen molar-refractivity contribution in [2.24, 2.45) is 7.05 Å². The standard InChI is InChI=1S/C17H15FN4O3/c1-21-14-7-3-6-13(18)16(14)20-15(21)8-9-19-17(23)11-4-2-5-12(10-11)22(24)25/h2-7,10H,8-9H2,1H3,(H,19,23). The molecular formula is C17H15FN4O3. The third-order valence-electron chi connectivity index (χ3n) is 3.91. The molecule has 1 N–H and O–H groups in total. The maximum atomic E-state index is 13.8. The van der Waals surface area contributed by atoms with Gasteiger partial charge in [0.25, 0.3) is 11.6 Å². The molecule has 25 heavy (non-hydrogen) atoms. The van der Waals surface area contributed by atoms with Gasteiger partial charge in [-0.05, 0) is 18.2 Å². The lowest BCUT2D eigenvalue weighted by atomic mass is 10.2. The molecule has 2 aromatic carbocycles. The lowest BCUT2D eigenvalue weighted by Gasteiger charge is -2.05. The third kappa shape index (κ3) is 3.32. The average molecular weight is 342 g/mol. The fourth-order valence-corrected chi connectivity index (χ4v) is 2.60. The summed E-state index contributed by atoms with van der Waals surface area (Å²) in [5.74, 6) is -0.159. The molecule has 7 nitrogen and oxygen atoms in total. The van der Waals surface area contributed by atoms with Crippen molar-refractivity contribution >= 4 is 22.6 Å². The first-order valence-electron chi connectivity index (χ1n) is 7.60. The average Bonchev–Trinajstić information content (AvgIpc) is 2.93. The molecular weight excluding hydrogens is 327 g/mol. The van der Waals surface area contributed by atoms with Crippen molar-refractivity contribution in [1.82, 2.24) is 14.9 Å². The van der Waals surface area contributed by atoms with E-state index in [-0.39, 0.29) is 23.6 Å². The second-order valence-corrected chi connectivity index (χ2v) is 5.51. The van der Waals surface area contributed by atoms with E-state index in [2.05, 4.69) is 10.3 Å². The van der Waals surface area contributed by atoms with Crippen LogP contribution in [0.5, 0.6) is 0 Å². The summed E-state index contributed by atoms with van der Waals surface area (Å²) in [6.45, 7) is 0.278.